The van der Waals surface area contributed by atoms with Crippen LogP contribution in [0.1, 0.15) is 21.5 Å². The van der Waals surface area contributed by atoms with Gasteiger partial charge in [-0.1, -0.05) is 30.0 Å². The van der Waals surface area contributed by atoms with Gasteiger partial charge >= 0.3 is 0 Å². The first-order chi connectivity index (χ1) is 9.69. The van der Waals surface area contributed by atoms with E-state index in [1.165, 1.54) is 4.90 Å². The number of carbonyl (C=O) groups excluding carboxylic acids is 1. The highest BCUT2D eigenvalue weighted by Gasteiger charge is 1.97. The smallest absolute Gasteiger partial charge is 0.151 e. The van der Waals surface area contributed by atoms with Gasteiger partial charge < -0.3 is 0 Å². The standard InChI is InChI=1S/C17H15NOS/c1-18(2)20-17-11-8-14(9-12-17)7-10-15-5-3-4-6-16(15)13-19/h3-6,8-9,11-13H,1-2H3. The van der Waals surface area contributed by atoms with Gasteiger partial charge in [0.15, 0.2) is 6.29 Å². The molecule has 0 aliphatic rings. The summed E-state index contributed by atoms with van der Waals surface area (Å²) in [5.74, 6) is 6.13. The second kappa shape index (κ2) is 6.95. The van der Waals surface area contributed by atoms with E-state index in [1.54, 1.807) is 18.0 Å². The zero-order chi connectivity index (χ0) is 14.4. The lowest BCUT2D eigenvalue weighted by Gasteiger charge is -2.07. The van der Waals surface area contributed by atoms with Crippen LogP contribution in [0.2, 0.25) is 0 Å². The van der Waals surface area contributed by atoms with Crippen molar-refractivity contribution in [3.63, 3.8) is 0 Å². The van der Waals surface area contributed by atoms with E-state index in [-0.39, 0.29) is 0 Å². The van der Waals surface area contributed by atoms with Crippen LogP contribution < -0.4 is 0 Å². The number of nitrogens with zero attached hydrogens (tertiary/aromatic N) is 1. The van der Waals surface area contributed by atoms with E-state index in [0.717, 1.165) is 17.4 Å². The lowest BCUT2D eigenvalue weighted by atomic mass is 10.1. The molecule has 0 unspecified atom stereocenters. The maximum absolute atomic E-state index is 10.9. The van der Waals surface area contributed by atoms with E-state index < -0.39 is 0 Å². The highest BCUT2D eigenvalue weighted by Crippen LogP contribution is 2.19. The van der Waals surface area contributed by atoms with Crippen LogP contribution in [0.25, 0.3) is 0 Å². The first kappa shape index (κ1) is 14.4. The Morgan fingerprint density at radius 1 is 1.00 bits per heavy atom. The van der Waals surface area contributed by atoms with Crippen LogP contribution in [0.5, 0.6) is 0 Å². The van der Waals surface area contributed by atoms with Crippen molar-refractivity contribution in [1.29, 1.82) is 0 Å². The molecule has 100 valence electrons. The summed E-state index contributed by atoms with van der Waals surface area (Å²) in [5.41, 5.74) is 2.32. The Kier molecular flexibility index (Phi) is 5.00. The van der Waals surface area contributed by atoms with Crippen molar-refractivity contribution in [3.8, 4) is 11.8 Å². The van der Waals surface area contributed by atoms with Crippen LogP contribution in [0.3, 0.4) is 0 Å². The molecule has 0 aliphatic carbocycles. The monoisotopic (exact) mass is 281 g/mol. The van der Waals surface area contributed by atoms with Gasteiger partial charge in [0.1, 0.15) is 0 Å². The molecular formula is C17H15NOS. The summed E-state index contributed by atoms with van der Waals surface area (Å²) >= 11 is 1.67. The molecular weight excluding hydrogens is 266 g/mol. The van der Waals surface area contributed by atoms with Gasteiger partial charge in [0, 0.05) is 21.6 Å². The SMILES string of the molecule is CN(C)Sc1ccc(C#Cc2ccccc2C=O)cc1. The van der Waals surface area contributed by atoms with Crippen LogP contribution in [0, 0.1) is 11.8 Å². The van der Waals surface area contributed by atoms with Gasteiger partial charge in [-0.2, -0.15) is 0 Å². The third-order valence-electron chi connectivity index (χ3n) is 2.57. The summed E-state index contributed by atoms with van der Waals surface area (Å²) in [5, 5.41) is 0. The maximum atomic E-state index is 10.9. The number of carbonyl (C=O) groups is 1. The summed E-state index contributed by atoms with van der Waals surface area (Å²) in [6.07, 6.45) is 0.834. The van der Waals surface area contributed by atoms with Crippen molar-refractivity contribution in [2.24, 2.45) is 0 Å². The van der Waals surface area contributed by atoms with Gasteiger partial charge in [0.25, 0.3) is 0 Å². The molecule has 0 amide bonds. The lowest BCUT2D eigenvalue weighted by molar-refractivity contribution is 0.112. The van der Waals surface area contributed by atoms with Crippen molar-refractivity contribution >= 4 is 18.2 Å². The Morgan fingerprint density at radius 2 is 1.70 bits per heavy atom. The van der Waals surface area contributed by atoms with Crippen molar-refractivity contribution in [1.82, 2.24) is 4.31 Å². The zero-order valence-corrected chi connectivity index (χ0v) is 12.3. The van der Waals surface area contributed by atoms with Gasteiger partial charge in [-0.05, 0) is 56.4 Å². The number of hydrogen-bond donors (Lipinski definition) is 0. The molecule has 0 heterocycles. The Hall–Kier alpha value is -2.02. The van der Waals surface area contributed by atoms with Crippen molar-refractivity contribution in [2.45, 2.75) is 4.90 Å². The Bertz CT molecular complexity index is 651. The van der Waals surface area contributed by atoms with Crippen LogP contribution in [0.15, 0.2) is 53.4 Å². The number of rotatable bonds is 3. The average Bonchev–Trinajstić information content (AvgIpc) is 2.46. The molecule has 0 atom stereocenters. The fourth-order valence-electron chi connectivity index (χ4n) is 1.66. The molecule has 2 aromatic rings. The van der Waals surface area contributed by atoms with E-state index in [1.807, 2.05) is 60.9 Å². The molecule has 0 radical (unpaired) electrons. The summed E-state index contributed by atoms with van der Waals surface area (Å²) in [7, 11) is 4.02. The second-order valence-corrected chi connectivity index (χ2v) is 5.77. The van der Waals surface area contributed by atoms with Crippen LogP contribution in [-0.4, -0.2) is 24.7 Å². The first-order valence-corrected chi connectivity index (χ1v) is 6.98. The summed E-state index contributed by atoms with van der Waals surface area (Å²) in [6, 6.07) is 15.4. The molecule has 2 rings (SSSR count). The van der Waals surface area contributed by atoms with Gasteiger partial charge in [-0.3, -0.25) is 9.10 Å². The number of benzene rings is 2. The molecule has 0 saturated carbocycles. The third-order valence-corrected chi connectivity index (χ3v) is 3.42. The molecule has 0 fully saturated rings. The quantitative estimate of drug-likeness (QED) is 0.488. The predicted octanol–water partition coefficient (Wildman–Crippen LogP) is 3.47. The van der Waals surface area contributed by atoms with E-state index in [9.17, 15) is 4.79 Å². The molecule has 0 spiro atoms. The van der Waals surface area contributed by atoms with Crippen LogP contribution in [-0.2, 0) is 0 Å². The number of aldehydes is 1. The molecule has 0 bridgehead atoms. The van der Waals surface area contributed by atoms with E-state index in [4.69, 9.17) is 0 Å². The van der Waals surface area contributed by atoms with Gasteiger partial charge in [0.05, 0.1) is 0 Å². The number of hydrogen-bond acceptors (Lipinski definition) is 3. The molecule has 0 aliphatic heterocycles. The lowest BCUT2D eigenvalue weighted by Crippen LogP contribution is -1.98. The zero-order valence-electron chi connectivity index (χ0n) is 11.5. The maximum Gasteiger partial charge on any atom is 0.151 e. The van der Waals surface area contributed by atoms with E-state index >= 15 is 0 Å². The molecule has 0 saturated heterocycles. The molecule has 3 heteroatoms. The predicted molar refractivity (Wildman–Crippen MR) is 83.8 cm³/mol. The Morgan fingerprint density at radius 3 is 2.35 bits per heavy atom. The second-order valence-electron chi connectivity index (χ2n) is 4.38. The molecule has 2 aromatic carbocycles. The molecule has 2 nitrogen and oxygen atoms in total. The highest BCUT2D eigenvalue weighted by atomic mass is 32.2. The first-order valence-electron chi connectivity index (χ1n) is 6.20. The third kappa shape index (κ3) is 3.99. The van der Waals surface area contributed by atoms with Gasteiger partial charge in [-0.15, -0.1) is 0 Å². The average molecular weight is 281 g/mol. The highest BCUT2D eigenvalue weighted by molar-refractivity contribution is 7.97. The van der Waals surface area contributed by atoms with Gasteiger partial charge in [-0.25, -0.2) is 0 Å². The Balaban J connectivity index is 2.18. The normalized spacial score (nSPS) is 9.95. The molecule has 0 N–H and O–H groups in total. The van der Waals surface area contributed by atoms with E-state index in [0.29, 0.717) is 5.56 Å². The topological polar surface area (TPSA) is 20.3 Å². The fourth-order valence-corrected chi connectivity index (χ4v) is 2.34. The summed E-state index contributed by atoms with van der Waals surface area (Å²) < 4.78 is 2.04. The molecule has 20 heavy (non-hydrogen) atoms. The molecule has 0 aromatic heterocycles. The fraction of sp³-hybridized carbons (Fsp3) is 0.118. The van der Waals surface area contributed by atoms with E-state index in [2.05, 4.69) is 11.8 Å². The summed E-state index contributed by atoms with van der Waals surface area (Å²) in [6.45, 7) is 0. The van der Waals surface area contributed by atoms with Crippen molar-refractivity contribution in [3.05, 3.63) is 65.2 Å². The largest absolute Gasteiger partial charge is 0.298 e. The Labute approximate surface area is 123 Å². The van der Waals surface area contributed by atoms with Crippen LogP contribution in [0.4, 0.5) is 0 Å². The van der Waals surface area contributed by atoms with Gasteiger partial charge in [0.2, 0.25) is 0 Å². The van der Waals surface area contributed by atoms with Crippen LogP contribution >= 0.6 is 11.9 Å². The minimum Gasteiger partial charge on any atom is -0.298 e. The minimum atomic E-state index is 0.625. The summed E-state index contributed by atoms with van der Waals surface area (Å²) in [4.78, 5) is 12.1. The van der Waals surface area contributed by atoms with Crippen molar-refractivity contribution in [2.75, 3.05) is 14.1 Å². The van der Waals surface area contributed by atoms with Crippen molar-refractivity contribution < 1.29 is 4.79 Å². The minimum absolute atomic E-state index is 0.625.